The fourth-order valence-corrected chi connectivity index (χ4v) is 7.05. The van der Waals surface area contributed by atoms with E-state index in [9.17, 15) is 0 Å². The first-order valence-corrected chi connectivity index (χ1v) is 14.0. The van der Waals surface area contributed by atoms with Gasteiger partial charge in [0.2, 0.25) is 0 Å². The minimum absolute atomic E-state index is 0.422. The third-order valence-corrected chi connectivity index (χ3v) is 8.77. The van der Waals surface area contributed by atoms with Gasteiger partial charge in [0.15, 0.2) is 0 Å². The van der Waals surface area contributed by atoms with Crippen LogP contribution in [0.15, 0.2) is 152 Å². The van der Waals surface area contributed by atoms with Crippen molar-refractivity contribution in [1.29, 1.82) is 0 Å². The second-order valence-corrected chi connectivity index (χ2v) is 11.0. The standard InChI is InChI=1S/C40H28/c1-27-20-23-35-37(24-27)40(31-14-4-2-5-15-31,32-16-6-3-7-17-32)38-26-36(33-18-10-11-19-34(33)39(35)38)30-22-21-28-12-8-9-13-29(28)25-30/h2-26H,1H3. The molecule has 0 aromatic heterocycles. The second kappa shape index (κ2) is 8.79. The molecule has 0 heterocycles. The maximum Gasteiger partial charge on any atom is 0.0714 e. The fourth-order valence-electron chi connectivity index (χ4n) is 7.05. The van der Waals surface area contributed by atoms with Gasteiger partial charge in [0.25, 0.3) is 0 Å². The van der Waals surface area contributed by atoms with Crippen molar-refractivity contribution in [3.63, 3.8) is 0 Å². The maximum atomic E-state index is 2.50. The normalized spacial score (nSPS) is 13.3. The summed E-state index contributed by atoms with van der Waals surface area (Å²) in [6.07, 6.45) is 0. The molecule has 0 saturated carbocycles. The molecule has 0 unspecified atom stereocenters. The van der Waals surface area contributed by atoms with E-state index < -0.39 is 5.41 Å². The number of fused-ring (bicyclic) bond motifs is 6. The van der Waals surface area contributed by atoms with Gasteiger partial charge in [0.1, 0.15) is 0 Å². The first-order chi connectivity index (χ1) is 19.7. The van der Waals surface area contributed by atoms with Crippen molar-refractivity contribution in [3.05, 3.63) is 179 Å². The number of rotatable bonds is 3. The van der Waals surface area contributed by atoms with E-state index in [0.717, 1.165) is 0 Å². The van der Waals surface area contributed by atoms with Crippen LogP contribution in [0.25, 0.3) is 43.8 Å². The Morgan fingerprint density at radius 1 is 0.425 bits per heavy atom. The van der Waals surface area contributed by atoms with Crippen molar-refractivity contribution in [2.24, 2.45) is 0 Å². The summed E-state index contributed by atoms with van der Waals surface area (Å²) in [5.74, 6) is 0. The second-order valence-electron chi connectivity index (χ2n) is 11.0. The van der Waals surface area contributed by atoms with Crippen LogP contribution in [0.3, 0.4) is 0 Å². The zero-order chi connectivity index (χ0) is 26.7. The van der Waals surface area contributed by atoms with Crippen LogP contribution < -0.4 is 0 Å². The third kappa shape index (κ3) is 3.20. The smallest absolute Gasteiger partial charge is 0.0622 e. The molecule has 0 heteroatoms. The average molecular weight is 509 g/mol. The highest BCUT2D eigenvalue weighted by molar-refractivity contribution is 6.10. The zero-order valence-corrected chi connectivity index (χ0v) is 22.4. The van der Waals surface area contributed by atoms with Crippen molar-refractivity contribution >= 4 is 21.5 Å². The molecule has 8 rings (SSSR count). The van der Waals surface area contributed by atoms with Gasteiger partial charge >= 0.3 is 0 Å². The van der Waals surface area contributed by atoms with E-state index in [1.54, 1.807) is 0 Å². The van der Waals surface area contributed by atoms with E-state index in [-0.39, 0.29) is 0 Å². The van der Waals surface area contributed by atoms with Crippen LogP contribution in [0.1, 0.15) is 27.8 Å². The summed E-state index contributed by atoms with van der Waals surface area (Å²) in [5, 5.41) is 5.13. The van der Waals surface area contributed by atoms with Gasteiger partial charge < -0.3 is 0 Å². The molecule has 7 aromatic carbocycles. The summed E-state index contributed by atoms with van der Waals surface area (Å²) in [4.78, 5) is 0. The molecule has 7 aromatic rings. The lowest BCUT2D eigenvalue weighted by Crippen LogP contribution is -2.28. The van der Waals surface area contributed by atoms with Crippen molar-refractivity contribution in [2.45, 2.75) is 12.3 Å². The van der Waals surface area contributed by atoms with Gasteiger partial charge in [0, 0.05) is 0 Å². The molecule has 0 nitrogen and oxygen atoms in total. The van der Waals surface area contributed by atoms with E-state index in [2.05, 4.69) is 159 Å². The first-order valence-electron chi connectivity index (χ1n) is 14.0. The predicted molar refractivity (Wildman–Crippen MR) is 169 cm³/mol. The summed E-state index contributed by atoms with van der Waals surface area (Å²) >= 11 is 0. The van der Waals surface area contributed by atoms with Gasteiger partial charge in [-0.3, -0.25) is 0 Å². The van der Waals surface area contributed by atoms with Gasteiger partial charge in [-0.05, 0) is 85.1 Å². The van der Waals surface area contributed by atoms with Crippen molar-refractivity contribution in [1.82, 2.24) is 0 Å². The van der Waals surface area contributed by atoms with Gasteiger partial charge in [-0.25, -0.2) is 0 Å². The number of hydrogen-bond acceptors (Lipinski definition) is 0. The summed E-state index contributed by atoms with van der Waals surface area (Å²) < 4.78 is 0. The van der Waals surface area contributed by atoms with E-state index in [1.807, 2.05) is 0 Å². The van der Waals surface area contributed by atoms with Crippen LogP contribution in [0.4, 0.5) is 0 Å². The Morgan fingerprint density at radius 2 is 1.05 bits per heavy atom. The molecule has 0 radical (unpaired) electrons. The molecule has 0 bridgehead atoms. The molecule has 188 valence electrons. The van der Waals surface area contributed by atoms with Crippen LogP contribution in [0.2, 0.25) is 0 Å². The highest BCUT2D eigenvalue weighted by atomic mass is 14.5. The largest absolute Gasteiger partial charge is 0.0714 e. The molecule has 0 fully saturated rings. The van der Waals surface area contributed by atoms with Crippen LogP contribution in [0, 0.1) is 6.92 Å². The fraction of sp³-hybridized carbons (Fsp3) is 0.0500. The Morgan fingerprint density at radius 3 is 1.77 bits per heavy atom. The molecule has 0 saturated heterocycles. The minimum Gasteiger partial charge on any atom is -0.0622 e. The predicted octanol–water partition coefficient (Wildman–Crippen LogP) is 10.3. The Hall–Kier alpha value is -4.94. The lowest BCUT2D eigenvalue weighted by Gasteiger charge is -2.34. The topological polar surface area (TPSA) is 0 Å². The lowest BCUT2D eigenvalue weighted by atomic mass is 9.67. The van der Waals surface area contributed by atoms with Crippen molar-refractivity contribution < 1.29 is 0 Å². The summed E-state index contributed by atoms with van der Waals surface area (Å²) in [6, 6.07) is 56.2. The molecular weight excluding hydrogens is 480 g/mol. The monoisotopic (exact) mass is 508 g/mol. The SMILES string of the molecule is Cc1ccc2c(c1)C(c1ccccc1)(c1ccccc1)c1cc(-c3ccc4ccccc4c3)c3ccccc3c1-2. The van der Waals surface area contributed by atoms with Crippen molar-refractivity contribution in [3.8, 4) is 22.3 Å². The van der Waals surface area contributed by atoms with Crippen molar-refractivity contribution in [2.75, 3.05) is 0 Å². The first kappa shape index (κ1) is 23.0. The van der Waals surface area contributed by atoms with Crippen LogP contribution in [-0.4, -0.2) is 0 Å². The van der Waals surface area contributed by atoms with E-state index >= 15 is 0 Å². The van der Waals surface area contributed by atoms with Crippen LogP contribution in [0.5, 0.6) is 0 Å². The molecular formula is C40H28. The molecule has 0 N–H and O–H groups in total. The maximum absolute atomic E-state index is 2.50. The Balaban J connectivity index is 1.56. The Kier molecular flexibility index (Phi) is 5.06. The number of aryl methyl sites for hydroxylation is 1. The molecule has 1 aliphatic carbocycles. The quantitative estimate of drug-likeness (QED) is 0.223. The zero-order valence-electron chi connectivity index (χ0n) is 22.4. The van der Waals surface area contributed by atoms with E-state index in [1.165, 1.54) is 71.6 Å². The molecule has 0 aliphatic heterocycles. The minimum atomic E-state index is -0.422. The summed E-state index contributed by atoms with van der Waals surface area (Å²) in [7, 11) is 0. The van der Waals surface area contributed by atoms with Crippen LogP contribution >= 0.6 is 0 Å². The van der Waals surface area contributed by atoms with Gasteiger partial charge in [-0.15, -0.1) is 0 Å². The highest BCUT2D eigenvalue weighted by Crippen LogP contribution is 2.59. The summed E-state index contributed by atoms with van der Waals surface area (Å²) in [6.45, 7) is 2.21. The van der Waals surface area contributed by atoms with Gasteiger partial charge in [-0.2, -0.15) is 0 Å². The molecule has 40 heavy (non-hydrogen) atoms. The van der Waals surface area contributed by atoms with Gasteiger partial charge in [-0.1, -0.05) is 145 Å². The highest BCUT2D eigenvalue weighted by Gasteiger charge is 2.47. The Labute approximate surface area is 235 Å². The summed E-state index contributed by atoms with van der Waals surface area (Å²) in [5.41, 5.74) is 11.4. The van der Waals surface area contributed by atoms with Gasteiger partial charge in [0.05, 0.1) is 5.41 Å². The third-order valence-electron chi connectivity index (χ3n) is 8.77. The molecule has 0 atom stereocenters. The number of benzene rings is 7. The van der Waals surface area contributed by atoms with E-state index in [0.29, 0.717) is 0 Å². The van der Waals surface area contributed by atoms with E-state index in [4.69, 9.17) is 0 Å². The molecule has 0 spiro atoms. The molecule has 1 aliphatic rings. The lowest BCUT2D eigenvalue weighted by molar-refractivity contribution is 0.768. The van der Waals surface area contributed by atoms with Crippen LogP contribution in [-0.2, 0) is 5.41 Å². The average Bonchev–Trinajstić information content (AvgIpc) is 3.31. The number of hydrogen-bond donors (Lipinski definition) is 0. The molecule has 0 amide bonds. The Bertz CT molecular complexity index is 2010.